The molecule has 2 aromatic heterocycles. The number of fused-ring (bicyclic) bond motifs is 1. The van der Waals surface area contributed by atoms with E-state index in [1.807, 2.05) is 13.8 Å². The van der Waals surface area contributed by atoms with E-state index in [-0.39, 0.29) is 12.6 Å². The monoisotopic (exact) mass is 295 g/mol. The molecule has 0 aliphatic carbocycles. The molecule has 2 heterocycles. The Bertz CT molecular complexity index is 755. The van der Waals surface area contributed by atoms with E-state index < -0.39 is 17.4 Å². The summed E-state index contributed by atoms with van der Waals surface area (Å²) in [6.45, 7) is 4.64. The molecule has 0 saturated carbocycles. The first kappa shape index (κ1) is 15.5. The van der Waals surface area contributed by atoms with Gasteiger partial charge in [0.15, 0.2) is 11.2 Å². The lowest BCUT2D eigenvalue weighted by Crippen LogP contribution is -2.38. The zero-order valence-electron chi connectivity index (χ0n) is 12.7. The molecule has 0 fully saturated rings. The Morgan fingerprint density at radius 1 is 1.29 bits per heavy atom. The molecule has 116 valence electrons. The number of aryl methyl sites for hydroxylation is 1. The molecule has 2 rings (SSSR count). The zero-order valence-corrected chi connectivity index (χ0v) is 12.7. The third-order valence-corrected chi connectivity index (χ3v) is 3.39. The van der Waals surface area contributed by atoms with Gasteiger partial charge in [0.2, 0.25) is 0 Å². The maximum atomic E-state index is 12.2. The van der Waals surface area contributed by atoms with Crippen molar-refractivity contribution in [2.45, 2.75) is 32.5 Å². The van der Waals surface area contributed by atoms with Crippen molar-refractivity contribution in [2.75, 3.05) is 6.54 Å². The summed E-state index contributed by atoms with van der Waals surface area (Å²) in [6.07, 6.45) is 0.830. The highest BCUT2D eigenvalue weighted by Gasteiger charge is 2.16. The largest absolute Gasteiger partial charge is 0.390 e. The number of aliphatic hydroxyl groups excluding tert-OH is 1. The van der Waals surface area contributed by atoms with Crippen molar-refractivity contribution < 1.29 is 5.11 Å². The van der Waals surface area contributed by atoms with Gasteiger partial charge in [-0.1, -0.05) is 13.8 Å². The summed E-state index contributed by atoms with van der Waals surface area (Å²) in [4.78, 5) is 28.2. The van der Waals surface area contributed by atoms with Gasteiger partial charge in [0.05, 0.1) is 19.0 Å². The standard InChI is InChI=1S/C13H21N5O3/c1-8(2)14-5-9(19)6-18-7-15-11-10(18)12(20)17(4)13(21)16(11)3/h7-9,14,19H,5-6H2,1-4H3. The van der Waals surface area contributed by atoms with E-state index >= 15 is 0 Å². The van der Waals surface area contributed by atoms with Crippen LogP contribution in [0.2, 0.25) is 0 Å². The van der Waals surface area contributed by atoms with Crippen LogP contribution >= 0.6 is 0 Å². The minimum Gasteiger partial charge on any atom is -0.390 e. The number of nitrogens with zero attached hydrogens (tertiary/aromatic N) is 4. The Labute approximate surface area is 121 Å². The number of hydrogen-bond donors (Lipinski definition) is 2. The maximum Gasteiger partial charge on any atom is 0.332 e. The lowest BCUT2D eigenvalue weighted by Gasteiger charge is -2.15. The van der Waals surface area contributed by atoms with E-state index in [9.17, 15) is 14.7 Å². The zero-order chi connectivity index (χ0) is 15.7. The van der Waals surface area contributed by atoms with Crippen molar-refractivity contribution in [3.05, 3.63) is 27.2 Å². The topological polar surface area (TPSA) is 94.1 Å². The summed E-state index contributed by atoms with van der Waals surface area (Å²) in [5.41, 5.74) is -0.176. The molecular formula is C13H21N5O3. The molecule has 0 radical (unpaired) electrons. The molecule has 0 aliphatic rings. The molecule has 0 amide bonds. The van der Waals surface area contributed by atoms with Crippen LogP contribution in [0.3, 0.4) is 0 Å². The van der Waals surface area contributed by atoms with Crippen LogP contribution in [-0.4, -0.2) is 42.5 Å². The number of rotatable bonds is 5. The van der Waals surface area contributed by atoms with Gasteiger partial charge < -0.3 is 15.0 Å². The molecular weight excluding hydrogens is 274 g/mol. The van der Waals surface area contributed by atoms with E-state index in [1.54, 1.807) is 11.6 Å². The Hall–Kier alpha value is -1.93. The van der Waals surface area contributed by atoms with Crippen molar-refractivity contribution in [3.63, 3.8) is 0 Å². The third kappa shape index (κ3) is 2.91. The normalized spacial score (nSPS) is 13.2. The van der Waals surface area contributed by atoms with Crippen molar-refractivity contribution in [2.24, 2.45) is 14.1 Å². The Balaban J connectivity index is 2.39. The summed E-state index contributed by atoms with van der Waals surface area (Å²) >= 11 is 0. The third-order valence-electron chi connectivity index (χ3n) is 3.39. The first-order valence-corrected chi connectivity index (χ1v) is 6.85. The number of imidazole rings is 1. The van der Waals surface area contributed by atoms with Gasteiger partial charge in [0.1, 0.15) is 0 Å². The van der Waals surface area contributed by atoms with Gasteiger partial charge >= 0.3 is 5.69 Å². The molecule has 2 aromatic rings. The van der Waals surface area contributed by atoms with Crippen LogP contribution in [0.5, 0.6) is 0 Å². The lowest BCUT2D eigenvalue weighted by molar-refractivity contribution is 0.150. The van der Waals surface area contributed by atoms with Crippen LogP contribution in [0.4, 0.5) is 0 Å². The van der Waals surface area contributed by atoms with Gasteiger partial charge in [0, 0.05) is 26.7 Å². The molecule has 1 unspecified atom stereocenters. The minimum atomic E-state index is -0.647. The van der Waals surface area contributed by atoms with Gasteiger partial charge in [0.25, 0.3) is 5.56 Å². The molecule has 0 bridgehead atoms. The number of aromatic nitrogens is 4. The molecule has 21 heavy (non-hydrogen) atoms. The summed E-state index contributed by atoms with van der Waals surface area (Å²) in [7, 11) is 3.00. The Kier molecular flexibility index (Phi) is 4.29. The van der Waals surface area contributed by atoms with Crippen LogP contribution in [0, 0.1) is 0 Å². The molecule has 0 aromatic carbocycles. The van der Waals surface area contributed by atoms with E-state index in [0.717, 1.165) is 4.57 Å². The second kappa shape index (κ2) is 5.82. The van der Waals surface area contributed by atoms with Crippen molar-refractivity contribution in [1.29, 1.82) is 0 Å². The smallest absolute Gasteiger partial charge is 0.332 e. The molecule has 8 heteroatoms. The Morgan fingerprint density at radius 3 is 2.57 bits per heavy atom. The molecule has 0 aliphatic heterocycles. The van der Waals surface area contributed by atoms with Crippen LogP contribution in [0.15, 0.2) is 15.9 Å². The van der Waals surface area contributed by atoms with Crippen LogP contribution in [-0.2, 0) is 20.6 Å². The van der Waals surface area contributed by atoms with Gasteiger partial charge in [-0.05, 0) is 0 Å². The summed E-state index contributed by atoms with van der Waals surface area (Å²) in [5.74, 6) is 0. The SMILES string of the molecule is CC(C)NCC(O)Cn1cnc2c1c(=O)n(C)c(=O)n2C. The predicted octanol–water partition coefficient (Wildman–Crippen LogP) is -1.21. The van der Waals surface area contributed by atoms with Gasteiger partial charge in [-0.25, -0.2) is 9.78 Å². The second-order valence-electron chi connectivity index (χ2n) is 5.49. The first-order valence-electron chi connectivity index (χ1n) is 6.85. The maximum absolute atomic E-state index is 12.2. The second-order valence-corrected chi connectivity index (χ2v) is 5.49. The van der Waals surface area contributed by atoms with Gasteiger partial charge in [-0.3, -0.25) is 13.9 Å². The molecule has 0 saturated heterocycles. The van der Waals surface area contributed by atoms with E-state index in [1.165, 1.54) is 17.9 Å². The summed E-state index contributed by atoms with van der Waals surface area (Å²) in [5, 5.41) is 13.2. The van der Waals surface area contributed by atoms with Gasteiger partial charge in [-0.15, -0.1) is 0 Å². The number of nitrogens with one attached hydrogen (secondary N) is 1. The lowest BCUT2D eigenvalue weighted by atomic mass is 10.3. The highest BCUT2D eigenvalue weighted by atomic mass is 16.3. The van der Waals surface area contributed by atoms with E-state index in [0.29, 0.717) is 17.7 Å². The van der Waals surface area contributed by atoms with E-state index in [2.05, 4.69) is 10.3 Å². The molecule has 0 spiro atoms. The first-order chi connectivity index (χ1) is 9.82. The fourth-order valence-electron chi connectivity index (χ4n) is 2.20. The summed E-state index contributed by atoms with van der Waals surface area (Å²) in [6, 6.07) is 0.271. The van der Waals surface area contributed by atoms with Crippen molar-refractivity contribution in [3.8, 4) is 0 Å². The highest BCUT2D eigenvalue weighted by molar-refractivity contribution is 5.69. The predicted molar refractivity (Wildman–Crippen MR) is 79.4 cm³/mol. The summed E-state index contributed by atoms with van der Waals surface area (Å²) < 4.78 is 3.95. The van der Waals surface area contributed by atoms with Crippen LogP contribution in [0.25, 0.3) is 11.2 Å². The van der Waals surface area contributed by atoms with E-state index in [4.69, 9.17) is 0 Å². The van der Waals surface area contributed by atoms with Crippen LogP contribution in [0.1, 0.15) is 13.8 Å². The molecule has 2 N–H and O–H groups in total. The van der Waals surface area contributed by atoms with Crippen molar-refractivity contribution in [1.82, 2.24) is 24.0 Å². The number of hydrogen-bond acceptors (Lipinski definition) is 5. The fourth-order valence-corrected chi connectivity index (χ4v) is 2.20. The van der Waals surface area contributed by atoms with Gasteiger partial charge in [-0.2, -0.15) is 0 Å². The highest BCUT2D eigenvalue weighted by Crippen LogP contribution is 2.06. The minimum absolute atomic E-state index is 0.240. The fraction of sp³-hybridized carbons (Fsp3) is 0.615. The average molecular weight is 295 g/mol. The quantitative estimate of drug-likeness (QED) is 0.722. The van der Waals surface area contributed by atoms with Crippen LogP contribution < -0.4 is 16.6 Å². The molecule has 8 nitrogen and oxygen atoms in total. The number of aliphatic hydroxyl groups is 1. The average Bonchev–Trinajstić information content (AvgIpc) is 2.84. The molecule has 1 atom stereocenters. The Morgan fingerprint density at radius 2 is 1.95 bits per heavy atom. The van der Waals surface area contributed by atoms with Crippen molar-refractivity contribution >= 4 is 11.2 Å².